The van der Waals surface area contributed by atoms with Crippen molar-refractivity contribution in [3.63, 3.8) is 0 Å². The highest BCUT2D eigenvalue weighted by Gasteiger charge is 2.30. The van der Waals surface area contributed by atoms with E-state index in [2.05, 4.69) is 10.4 Å². The van der Waals surface area contributed by atoms with E-state index in [0.717, 1.165) is 12.1 Å². The van der Waals surface area contributed by atoms with Crippen LogP contribution in [-0.2, 0) is 9.53 Å². The van der Waals surface area contributed by atoms with E-state index in [9.17, 15) is 4.79 Å². The van der Waals surface area contributed by atoms with Gasteiger partial charge in [0.05, 0.1) is 12.3 Å². The van der Waals surface area contributed by atoms with Crippen LogP contribution in [-0.4, -0.2) is 29.7 Å². The Balaban J connectivity index is 1.78. The van der Waals surface area contributed by atoms with E-state index >= 15 is 0 Å². The number of nitrogens with one attached hydrogen (secondary N) is 1. The predicted octanol–water partition coefficient (Wildman–Crippen LogP) is 0.306. The van der Waals surface area contributed by atoms with E-state index in [0.29, 0.717) is 18.8 Å². The number of amides is 1. The summed E-state index contributed by atoms with van der Waals surface area (Å²) < 4.78 is 11.1. The van der Waals surface area contributed by atoms with Gasteiger partial charge < -0.3 is 9.47 Å². The SMILES string of the molecule is Cc1ccc(OCC2CCC(C(=O)NN)O2)cn1. The van der Waals surface area contributed by atoms with Gasteiger partial charge in [0, 0.05) is 5.69 Å². The Kier molecular flexibility index (Phi) is 4.11. The Hall–Kier alpha value is -1.66. The van der Waals surface area contributed by atoms with E-state index < -0.39 is 6.10 Å². The number of rotatable bonds is 4. The fourth-order valence-electron chi connectivity index (χ4n) is 1.84. The van der Waals surface area contributed by atoms with Crippen molar-refractivity contribution >= 4 is 5.91 Å². The van der Waals surface area contributed by atoms with Crippen LogP contribution in [0.2, 0.25) is 0 Å². The molecule has 0 saturated carbocycles. The van der Waals surface area contributed by atoms with Crippen molar-refractivity contribution in [2.24, 2.45) is 5.84 Å². The van der Waals surface area contributed by atoms with Crippen LogP contribution >= 0.6 is 0 Å². The van der Waals surface area contributed by atoms with E-state index in [1.54, 1.807) is 6.20 Å². The summed E-state index contributed by atoms with van der Waals surface area (Å²) in [4.78, 5) is 15.4. The number of hydrogen-bond acceptors (Lipinski definition) is 5. The van der Waals surface area contributed by atoms with Crippen molar-refractivity contribution in [2.75, 3.05) is 6.61 Å². The molecule has 1 aromatic heterocycles. The summed E-state index contributed by atoms with van der Waals surface area (Å²) in [5.41, 5.74) is 3.04. The van der Waals surface area contributed by atoms with Crippen molar-refractivity contribution in [2.45, 2.75) is 32.0 Å². The van der Waals surface area contributed by atoms with E-state index in [1.807, 2.05) is 19.1 Å². The molecular weight excluding hydrogens is 234 g/mol. The molecule has 1 aliphatic heterocycles. The Labute approximate surface area is 105 Å². The molecule has 1 fully saturated rings. The molecule has 2 atom stereocenters. The van der Waals surface area contributed by atoms with Crippen LogP contribution in [0.1, 0.15) is 18.5 Å². The second-order valence-corrected chi connectivity index (χ2v) is 4.28. The van der Waals surface area contributed by atoms with Crippen LogP contribution < -0.4 is 16.0 Å². The van der Waals surface area contributed by atoms with Gasteiger partial charge >= 0.3 is 0 Å². The Bertz CT molecular complexity index is 408. The molecule has 1 amide bonds. The zero-order valence-electron chi connectivity index (χ0n) is 10.3. The second-order valence-electron chi connectivity index (χ2n) is 4.28. The molecule has 18 heavy (non-hydrogen) atoms. The second kappa shape index (κ2) is 5.79. The average molecular weight is 251 g/mol. The molecule has 3 N–H and O–H groups in total. The standard InChI is InChI=1S/C12H17N3O3/c1-8-2-3-9(6-14-8)17-7-10-4-5-11(18-10)12(16)15-13/h2-3,6,10-11H,4-5,7,13H2,1H3,(H,15,16). The number of nitrogens with zero attached hydrogens (tertiary/aromatic N) is 1. The number of aryl methyl sites for hydroxylation is 1. The number of aromatic nitrogens is 1. The lowest BCUT2D eigenvalue weighted by Gasteiger charge is -2.13. The molecule has 98 valence electrons. The third-order valence-electron chi connectivity index (χ3n) is 2.86. The normalized spacial score (nSPS) is 22.8. The van der Waals surface area contributed by atoms with Crippen molar-refractivity contribution in [3.8, 4) is 5.75 Å². The maximum Gasteiger partial charge on any atom is 0.263 e. The van der Waals surface area contributed by atoms with Crippen LogP contribution in [0.4, 0.5) is 0 Å². The molecule has 0 bridgehead atoms. The number of ether oxygens (including phenoxy) is 2. The van der Waals surface area contributed by atoms with Gasteiger partial charge in [-0.25, -0.2) is 5.84 Å². The largest absolute Gasteiger partial charge is 0.489 e. The van der Waals surface area contributed by atoms with Crippen LogP contribution in [0.15, 0.2) is 18.3 Å². The lowest BCUT2D eigenvalue weighted by Crippen LogP contribution is -2.39. The molecule has 6 heteroatoms. The first-order chi connectivity index (χ1) is 8.69. The van der Waals surface area contributed by atoms with Gasteiger partial charge in [0.1, 0.15) is 18.5 Å². The molecular formula is C12H17N3O3. The highest BCUT2D eigenvalue weighted by atomic mass is 16.5. The minimum atomic E-state index is -0.459. The van der Waals surface area contributed by atoms with Gasteiger partial charge in [-0.2, -0.15) is 0 Å². The number of hydrogen-bond donors (Lipinski definition) is 2. The lowest BCUT2D eigenvalue weighted by atomic mass is 10.2. The van der Waals surface area contributed by atoms with Crippen molar-refractivity contribution < 1.29 is 14.3 Å². The average Bonchev–Trinajstić information content (AvgIpc) is 2.86. The third kappa shape index (κ3) is 3.18. The first kappa shape index (κ1) is 12.8. The molecule has 2 rings (SSSR count). The van der Waals surface area contributed by atoms with E-state index in [-0.39, 0.29) is 12.0 Å². The van der Waals surface area contributed by atoms with Crippen LogP contribution in [0.3, 0.4) is 0 Å². The highest BCUT2D eigenvalue weighted by molar-refractivity contribution is 5.80. The van der Waals surface area contributed by atoms with Crippen molar-refractivity contribution in [1.82, 2.24) is 10.4 Å². The highest BCUT2D eigenvalue weighted by Crippen LogP contribution is 2.20. The Morgan fingerprint density at radius 1 is 1.61 bits per heavy atom. The summed E-state index contributed by atoms with van der Waals surface area (Å²) in [5, 5.41) is 0. The zero-order valence-corrected chi connectivity index (χ0v) is 10.3. The molecule has 0 spiro atoms. The first-order valence-corrected chi connectivity index (χ1v) is 5.90. The Morgan fingerprint density at radius 2 is 2.44 bits per heavy atom. The van der Waals surface area contributed by atoms with E-state index in [4.69, 9.17) is 15.3 Å². The van der Waals surface area contributed by atoms with Crippen LogP contribution in [0, 0.1) is 6.92 Å². The number of pyridine rings is 1. The first-order valence-electron chi connectivity index (χ1n) is 5.90. The molecule has 2 unspecified atom stereocenters. The van der Waals surface area contributed by atoms with Gasteiger partial charge in [-0.1, -0.05) is 0 Å². The molecule has 1 aliphatic rings. The molecule has 2 heterocycles. The minimum Gasteiger partial charge on any atom is -0.489 e. The fraction of sp³-hybridized carbons (Fsp3) is 0.500. The van der Waals surface area contributed by atoms with E-state index in [1.165, 1.54) is 0 Å². The summed E-state index contributed by atoms with van der Waals surface area (Å²) >= 11 is 0. The topological polar surface area (TPSA) is 86.5 Å². The monoisotopic (exact) mass is 251 g/mol. The number of nitrogens with two attached hydrogens (primary N) is 1. The van der Waals surface area contributed by atoms with Crippen LogP contribution in [0.5, 0.6) is 5.75 Å². The van der Waals surface area contributed by atoms with Crippen molar-refractivity contribution in [3.05, 3.63) is 24.0 Å². The van der Waals surface area contributed by atoms with Crippen LogP contribution in [0.25, 0.3) is 0 Å². The number of carbonyl (C=O) groups excluding carboxylic acids is 1. The number of carbonyl (C=O) groups is 1. The molecule has 1 aromatic rings. The molecule has 0 aromatic carbocycles. The maximum atomic E-state index is 11.3. The molecule has 1 saturated heterocycles. The van der Waals surface area contributed by atoms with Gasteiger partial charge in [0.25, 0.3) is 5.91 Å². The molecule has 6 nitrogen and oxygen atoms in total. The van der Waals surface area contributed by atoms with Crippen molar-refractivity contribution in [1.29, 1.82) is 0 Å². The zero-order chi connectivity index (χ0) is 13.0. The summed E-state index contributed by atoms with van der Waals surface area (Å²) in [6.45, 7) is 2.33. The molecule has 0 aliphatic carbocycles. The predicted molar refractivity (Wildman–Crippen MR) is 64.7 cm³/mol. The third-order valence-corrected chi connectivity index (χ3v) is 2.86. The summed E-state index contributed by atoms with van der Waals surface area (Å²) in [6, 6.07) is 3.75. The molecule has 0 radical (unpaired) electrons. The Morgan fingerprint density at radius 3 is 3.11 bits per heavy atom. The quantitative estimate of drug-likeness (QED) is 0.457. The fourth-order valence-corrected chi connectivity index (χ4v) is 1.84. The number of hydrazine groups is 1. The summed E-state index contributed by atoms with van der Waals surface area (Å²) in [5.74, 6) is 5.48. The maximum absolute atomic E-state index is 11.3. The summed E-state index contributed by atoms with van der Waals surface area (Å²) in [7, 11) is 0. The van der Waals surface area contributed by atoms with Gasteiger partial charge in [0.15, 0.2) is 0 Å². The van der Waals surface area contributed by atoms with Gasteiger partial charge in [-0.05, 0) is 31.9 Å². The van der Waals surface area contributed by atoms with Gasteiger partial charge in [0.2, 0.25) is 0 Å². The lowest BCUT2D eigenvalue weighted by molar-refractivity contribution is -0.132. The van der Waals surface area contributed by atoms with Gasteiger partial charge in [-0.15, -0.1) is 0 Å². The summed E-state index contributed by atoms with van der Waals surface area (Å²) in [6.07, 6.45) is 2.60. The smallest absolute Gasteiger partial charge is 0.263 e. The minimum absolute atomic E-state index is 0.0754. The van der Waals surface area contributed by atoms with Gasteiger partial charge in [-0.3, -0.25) is 15.2 Å².